The number of sulfonamides is 1. The minimum absolute atomic E-state index is 0.0684. The van der Waals surface area contributed by atoms with E-state index in [1.807, 2.05) is 36.6 Å². The zero-order chi connectivity index (χ0) is 22.0. The Bertz CT molecular complexity index is 1260. The highest BCUT2D eigenvalue weighted by Gasteiger charge is 2.20. The Morgan fingerprint density at radius 3 is 2.65 bits per heavy atom. The van der Waals surface area contributed by atoms with Gasteiger partial charge in [0.25, 0.3) is 15.9 Å². The highest BCUT2D eigenvalue weighted by Crippen LogP contribution is 2.22. The molecule has 8 nitrogen and oxygen atoms in total. The van der Waals surface area contributed by atoms with Gasteiger partial charge in [-0.3, -0.25) is 14.5 Å². The van der Waals surface area contributed by atoms with Gasteiger partial charge in [0, 0.05) is 36.2 Å². The highest BCUT2D eigenvalue weighted by atomic mass is 32.2. The highest BCUT2D eigenvalue weighted by molar-refractivity contribution is 7.90. The average molecular weight is 438 g/mol. The Morgan fingerprint density at radius 2 is 1.94 bits per heavy atom. The lowest BCUT2D eigenvalue weighted by Gasteiger charge is -2.11. The maximum absolute atomic E-state index is 12.9. The van der Waals surface area contributed by atoms with Gasteiger partial charge in [0.2, 0.25) is 0 Å². The Kier molecular flexibility index (Phi) is 5.60. The molecule has 0 spiro atoms. The number of carbonyl (C=O) groups excluding carboxylic acids is 1. The second kappa shape index (κ2) is 8.35. The molecule has 4 rings (SSSR count). The van der Waals surface area contributed by atoms with Crippen molar-refractivity contribution in [2.75, 3.05) is 11.9 Å². The third-order valence-electron chi connectivity index (χ3n) is 5.08. The minimum atomic E-state index is -3.76. The predicted octanol–water partition coefficient (Wildman–Crippen LogP) is 3.21. The van der Waals surface area contributed by atoms with Crippen molar-refractivity contribution in [2.45, 2.75) is 31.6 Å². The van der Waals surface area contributed by atoms with Gasteiger partial charge in [-0.05, 0) is 56.7 Å². The molecule has 0 aliphatic carbocycles. The quantitative estimate of drug-likeness (QED) is 0.639. The van der Waals surface area contributed by atoms with E-state index in [9.17, 15) is 13.2 Å². The molecule has 2 N–H and O–H groups in total. The number of nitrogens with zero attached hydrogens (tertiary/aromatic N) is 3. The van der Waals surface area contributed by atoms with E-state index in [0.717, 1.165) is 23.6 Å². The monoisotopic (exact) mass is 437 g/mol. The molecule has 0 unspecified atom stereocenters. The molecule has 1 aliphatic rings. The number of aliphatic imine (C=N–C) groups is 1. The number of hydrogen-bond donors (Lipinski definition) is 2. The summed E-state index contributed by atoms with van der Waals surface area (Å²) in [5.41, 5.74) is 2.51. The molecule has 2 aromatic heterocycles. The molecule has 0 fully saturated rings. The summed E-state index contributed by atoms with van der Waals surface area (Å²) in [6, 6.07) is 13.6. The molecule has 1 aromatic carbocycles. The van der Waals surface area contributed by atoms with Crippen molar-refractivity contribution >= 4 is 27.5 Å². The van der Waals surface area contributed by atoms with E-state index in [4.69, 9.17) is 0 Å². The number of aryl methyl sites for hydroxylation is 1. The number of nitrogens with one attached hydrogen (secondary N) is 2. The van der Waals surface area contributed by atoms with Crippen LogP contribution in [-0.2, 0) is 10.0 Å². The molecule has 1 amide bonds. The summed E-state index contributed by atoms with van der Waals surface area (Å²) < 4.78 is 29.7. The second-order valence-corrected chi connectivity index (χ2v) is 9.01. The standard InChI is InChI=1S/C22H23N5O3S/c1-15-13-19(16(2)27(15)21-10-3-4-11-24-21)22(28)25-17-7-5-8-18(14-17)31(29,30)26-20-9-6-12-23-20/h3-5,7-8,10-11,13-14H,6,9,12H2,1-2H3,(H,23,26)(H,25,28). The van der Waals surface area contributed by atoms with Gasteiger partial charge in [0.1, 0.15) is 11.7 Å². The molecule has 0 saturated carbocycles. The number of hydrogen-bond acceptors (Lipinski definition) is 5. The van der Waals surface area contributed by atoms with Crippen molar-refractivity contribution in [1.29, 1.82) is 0 Å². The Hall–Kier alpha value is -3.46. The zero-order valence-electron chi connectivity index (χ0n) is 17.3. The number of aromatic nitrogens is 2. The molecule has 9 heteroatoms. The number of pyridine rings is 1. The van der Waals surface area contributed by atoms with E-state index < -0.39 is 10.0 Å². The summed E-state index contributed by atoms with van der Waals surface area (Å²) in [5.74, 6) is 0.875. The number of anilines is 1. The molecular formula is C22H23N5O3S. The summed E-state index contributed by atoms with van der Waals surface area (Å²) >= 11 is 0. The van der Waals surface area contributed by atoms with E-state index >= 15 is 0 Å². The molecule has 0 saturated heterocycles. The topological polar surface area (TPSA) is 105 Å². The van der Waals surface area contributed by atoms with Crippen LogP contribution in [-0.4, -0.2) is 36.3 Å². The Labute approximate surface area is 181 Å². The fourth-order valence-electron chi connectivity index (χ4n) is 3.61. The van der Waals surface area contributed by atoms with Crippen molar-refractivity contribution in [1.82, 2.24) is 14.3 Å². The third kappa shape index (κ3) is 4.36. The van der Waals surface area contributed by atoms with Gasteiger partial charge in [-0.2, -0.15) is 0 Å². The van der Waals surface area contributed by atoms with Crippen LogP contribution in [0.25, 0.3) is 5.82 Å². The van der Waals surface area contributed by atoms with E-state index in [1.54, 1.807) is 24.4 Å². The van der Waals surface area contributed by atoms with Gasteiger partial charge in [-0.15, -0.1) is 0 Å². The summed E-state index contributed by atoms with van der Waals surface area (Å²) in [6.07, 6.45) is 3.15. The van der Waals surface area contributed by atoms with Gasteiger partial charge in [-0.25, -0.2) is 13.4 Å². The van der Waals surface area contributed by atoms with Crippen molar-refractivity contribution < 1.29 is 13.2 Å². The zero-order valence-corrected chi connectivity index (χ0v) is 18.1. The molecule has 0 radical (unpaired) electrons. The van der Waals surface area contributed by atoms with Crippen molar-refractivity contribution in [3.05, 3.63) is 71.7 Å². The first-order valence-electron chi connectivity index (χ1n) is 9.93. The van der Waals surface area contributed by atoms with Crippen LogP contribution in [0, 0.1) is 13.8 Å². The maximum atomic E-state index is 12.9. The third-order valence-corrected chi connectivity index (χ3v) is 6.46. The fraction of sp³-hybridized carbons (Fsp3) is 0.227. The smallest absolute Gasteiger partial charge is 0.262 e. The maximum Gasteiger partial charge on any atom is 0.262 e. The summed E-state index contributed by atoms with van der Waals surface area (Å²) in [5, 5.41) is 2.80. The Morgan fingerprint density at radius 1 is 1.10 bits per heavy atom. The summed E-state index contributed by atoms with van der Waals surface area (Å²) in [4.78, 5) is 21.5. The molecule has 160 valence electrons. The lowest BCUT2D eigenvalue weighted by molar-refractivity contribution is 0.102. The molecule has 3 aromatic rings. The normalized spacial score (nSPS) is 13.7. The Balaban J connectivity index is 1.57. The number of amides is 1. The summed E-state index contributed by atoms with van der Waals surface area (Å²) in [7, 11) is -3.76. The van der Waals surface area contributed by atoms with E-state index in [0.29, 0.717) is 30.1 Å². The molecule has 1 aliphatic heterocycles. The first kappa shape index (κ1) is 20.8. The van der Waals surface area contributed by atoms with Crippen LogP contribution in [0.3, 0.4) is 0 Å². The molecule has 0 atom stereocenters. The molecule has 3 heterocycles. The number of amidine groups is 1. The van der Waals surface area contributed by atoms with Gasteiger partial charge in [0.15, 0.2) is 0 Å². The lowest BCUT2D eigenvalue weighted by Crippen LogP contribution is -2.29. The largest absolute Gasteiger partial charge is 0.322 e. The first-order chi connectivity index (χ1) is 14.8. The summed E-state index contributed by atoms with van der Waals surface area (Å²) in [6.45, 7) is 4.39. The first-order valence-corrected chi connectivity index (χ1v) is 11.4. The van der Waals surface area contributed by atoms with E-state index in [1.165, 1.54) is 12.1 Å². The van der Waals surface area contributed by atoms with Crippen molar-refractivity contribution in [3.8, 4) is 5.82 Å². The van der Waals surface area contributed by atoms with Crippen molar-refractivity contribution in [3.63, 3.8) is 0 Å². The SMILES string of the molecule is Cc1cc(C(=O)Nc2cccc(S(=O)(=O)NC3=NCCC3)c2)c(C)n1-c1ccccn1. The van der Waals surface area contributed by atoms with Crippen LogP contribution in [0.5, 0.6) is 0 Å². The van der Waals surface area contributed by atoms with Crippen LogP contribution in [0.2, 0.25) is 0 Å². The van der Waals surface area contributed by atoms with E-state index in [-0.39, 0.29) is 10.8 Å². The lowest BCUT2D eigenvalue weighted by atomic mass is 10.2. The molecular weight excluding hydrogens is 414 g/mol. The van der Waals surface area contributed by atoms with Crippen LogP contribution in [0.1, 0.15) is 34.6 Å². The van der Waals surface area contributed by atoms with Gasteiger partial charge >= 0.3 is 0 Å². The van der Waals surface area contributed by atoms with Crippen LogP contribution < -0.4 is 10.0 Å². The van der Waals surface area contributed by atoms with Crippen LogP contribution >= 0.6 is 0 Å². The van der Waals surface area contributed by atoms with Gasteiger partial charge < -0.3 is 9.88 Å². The number of rotatable bonds is 5. The van der Waals surface area contributed by atoms with Gasteiger partial charge in [0.05, 0.1) is 10.5 Å². The number of benzene rings is 1. The fourth-order valence-corrected chi connectivity index (χ4v) is 4.74. The molecule has 31 heavy (non-hydrogen) atoms. The second-order valence-electron chi connectivity index (χ2n) is 7.33. The predicted molar refractivity (Wildman–Crippen MR) is 119 cm³/mol. The molecule has 0 bridgehead atoms. The average Bonchev–Trinajstić information content (AvgIpc) is 3.35. The van der Waals surface area contributed by atoms with E-state index in [2.05, 4.69) is 20.0 Å². The minimum Gasteiger partial charge on any atom is -0.322 e. The van der Waals surface area contributed by atoms with Gasteiger partial charge in [-0.1, -0.05) is 12.1 Å². The number of carbonyl (C=O) groups is 1. The van der Waals surface area contributed by atoms with Crippen LogP contribution in [0.15, 0.2) is 64.6 Å². The van der Waals surface area contributed by atoms with Crippen molar-refractivity contribution in [2.24, 2.45) is 4.99 Å². The van der Waals surface area contributed by atoms with Crippen LogP contribution in [0.4, 0.5) is 5.69 Å².